The molecule has 1 aromatic carbocycles. The highest BCUT2D eigenvalue weighted by atomic mass is 32.2. The van der Waals surface area contributed by atoms with Crippen LogP contribution in [0.4, 0.5) is 5.69 Å². The fourth-order valence-electron chi connectivity index (χ4n) is 3.04. The van der Waals surface area contributed by atoms with Crippen LogP contribution in [0.3, 0.4) is 0 Å². The summed E-state index contributed by atoms with van der Waals surface area (Å²) < 4.78 is 27.3. The molecule has 10 heteroatoms. The Morgan fingerprint density at radius 3 is 2.58 bits per heavy atom. The van der Waals surface area contributed by atoms with E-state index in [-0.39, 0.29) is 16.5 Å². The minimum atomic E-state index is -3.76. The van der Waals surface area contributed by atoms with Crippen molar-refractivity contribution in [1.82, 2.24) is 14.5 Å². The van der Waals surface area contributed by atoms with Crippen molar-refractivity contribution in [1.29, 1.82) is 0 Å². The maximum absolute atomic E-state index is 13.0. The number of nitro benzene ring substituents is 1. The van der Waals surface area contributed by atoms with Gasteiger partial charge in [0.05, 0.1) is 9.82 Å². The van der Waals surface area contributed by atoms with E-state index in [0.717, 1.165) is 22.5 Å². The summed E-state index contributed by atoms with van der Waals surface area (Å²) in [5.41, 5.74) is 0.291. The molecule has 0 N–H and O–H groups in total. The molecular formula is C16H20N4O4S2. The van der Waals surface area contributed by atoms with E-state index in [1.54, 1.807) is 18.3 Å². The molecule has 0 spiro atoms. The zero-order valence-electron chi connectivity index (χ0n) is 14.6. The fourth-order valence-corrected chi connectivity index (χ4v) is 5.70. The van der Waals surface area contributed by atoms with Crippen molar-refractivity contribution >= 4 is 27.0 Å². The van der Waals surface area contributed by atoms with Gasteiger partial charge in [0.15, 0.2) is 0 Å². The van der Waals surface area contributed by atoms with Gasteiger partial charge in [-0.1, -0.05) is 13.0 Å². The summed E-state index contributed by atoms with van der Waals surface area (Å²) in [4.78, 5) is 10.4. The molecule has 1 aliphatic rings. The van der Waals surface area contributed by atoms with E-state index < -0.39 is 14.9 Å². The summed E-state index contributed by atoms with van der Waals surface area (Å²) in [5.74, 6) is 0.213. The Kier molecular flexibility index (Phi) is 5.35. The van der Waals surface area contributed by atoms with E-state index in [1.165, 1.54) is 16.4 Å². The van der Waals surface area contributed by atoms with E-state index >= 15 is 0 Å². The minimum absolute atomic E-state index is 0.00864. The van der Waals surface area contributed by atoms with Crippen LogP contribution in [0.15, 0.2) is 23.1 Å². The van der Waals surface area contributed by atoms with Crippen LogP contribution in [0, 0.1) is 17.0 Å². The highest BCUT2D eigenvalue weighted by molar-refractivity contribution is 7.89. The van der Waals surface area contributed by atoms with Gasteiger partial charge < -0.3 is 0 Å². The van der Waals surface area contributed by atoms with Crippen LogP contribution in [-0.4, -0.2) is 40.9 Å². The summed E-state index contributed by atoms with van der Waals surface area (Å²) in [7, 11) is -3.76. The minimum Gasteiger partial charge on any atom is -0.258 e. The third-order valence-electron chi connectivity index (χ3n) is 4.59. The molecule has 1 aliphatic heterocycles. The van der Waals surface area contributed by atoms with Crippen LogP contribution in [0.5, 0.6) is 0 Å². The van der Waals surface area contributed by atoms with Crippen molar-refractivity contribution in [3.8, 4) is 0 Å². The van der Waals surface area contributed by atoms with Crippen LogP contribution in [-0.2, 0) is 16.4 Å². The second-order valence-corrected chi connectivity index (χ2v) is 9.27. The first-order valence-corrected chi connectivity index (χ1v) is 10.7. The third-order valence-corrected chi connectivity index (χ3v) is 7.86. The number of nitro groups is 1. The second kappa shape index (κ2) is 7.37. The SMILES string of the molecule is CCc1nnc(C2CCN(S(=O)(=O)c3cc([N+](=O)[O-])ccc3C)CC2)s1. The average molecular weight is 396 g/mol. The smallest absolute Gasteiger partial charge is 0.258 e. The third kappa shape index (κ3) is 3.62. The summed E-state index contributed by atoms with van der Waals surface area (Å²) in [6.45, 7) is 4.42. The Balaban J connectivity index is 1.78. The summed E-state index contributed by atoms with van der Waals surface area (Å²) in [6.07, 6.45) is 2.19. The maximum atomic E-state index is 13.0. The second-order valence-electron chi connectivity index (χ2n) is 6.27. The summed E-state index contributed by atoms with van der Waals surface area (Å²) in [5, 5.41) is 21.3. The molecule has 8 nitrogen and oxygen atoms in total. The Morgan fingerprint density at radius 1 is 1.31 bits per heavy atom. The van der Waals surface area contributed by atoms with Gasteiger partial charge in [0.2, 0.25) is 10.0 Å². The van der Waals surface area contributed by atoms with E-state index in [2.05, 4.69) is 10.2 Å². The highest BCUT2D eigenvalue weighted by Crippen LogP contribution is 2.33. The van der Waals surface area contributed by atoms with E-state index in [0.29, 0.717) is 31.5 Å². The lowest BCUT2D eigenvalue weighted by molar-refractivity contribution is -0.385. The van der Waals surface area contributed by atoms with Gasteiger partial charge in [0.25, 0.3) is 5.69 Å². The molecular weight excluding hydrogens is 376 g/mol. The first-order valence-electron chi connectivity index (χ1n) is 8.40. The number of hydrogen-bond donors (Lipinski definition) is 0. The molecule has 0 saturated carbocycles. The predicted octanol–water partition coefficient (Wildman–Crippen LogP) is 2.89. The van der Waals surface area contributed by atoms with Gasteiger partial charge >= 0.3 is 0 Å². The molecule has 0 aliphatic carbocycles. The number of aromatic nitrogens is 2. The lowest BCUT2D eigenvalue weighted by Gasteiger charge is -2.30. The molecule has 0 atom stereocenters. The Hall–Kier alpha value is -1.91. The van der Waals surface area contributed by atoms with Crippen LogP contribution in [0.25, 0.3) is 0 Å². The van der Waals surface area contributed by atoms with Crippen molar-refractivity contribution < 1.29 is 13.3 Å². The number of aryl methyl sites for hydroxylation is 2. The zero-order valence-corrected chi connectivity index (χ0v) is 16.2. The van der Waals surface area contributed by atoms with Gasteiger partial charge in [0.1, 0.15) is 10.0 Å². The number of rotatable bonds is 5. The first-order chi connectivity index (χ1) is 12.3. The van der Waals surface area contributed by atoms with E-state index in [9.17, 15) is 18.5 Å². The topological polar surface area (TPSA) is 106 Å². The van der Waals surface area contributed by atoms with Gasteiger partial charge in [-0.15, -0.1) is 21.5 Å². The quantitative estimate of drug-likeness (QED) is 0.568. The first kappa shape index (κ1) is 18.9. The van der Waals surface area contributed by atoms with Crippen LogP contribution >= 0.6 is 11.3 Å². The molecule has 0 bridgehead atoms. The number of piperidine rings is 1. The summed E-state index contributed by atoms with van der Waals surface area (Å²) in [6, 6.07) is 3.95. The van der Waals surface area contributed by atoms with Gasteiger partial charge in [0, 0.05) is 31.1 Å². The number of non-ortho nitro benzene ring substituents is 1. The summed E-state index contributed by atoms with van der Waals surface area (Å²) >= 11 is 1.59. The van der Waals surface area contributed by atoms with Crippen molar-refractivity contribution in [3.05, 3.63) is 43.9 Å². The predicted molar refractivity (Wildman–Crippen MR) is 97.9 cm³/mol. The molecule has 2 aromatic rings. The van der Waals surface area contributed by atoms with Crippen LogP contribution in [0.2, 0.25) is 0 Å². The van der Waals surface area contributed by atoms with Gasteiger partial charge in [-0.25, -0.2) is 8.42 Å². The molecule has 0 radical (unpaired) electrons. The largest absolute Gasteiger partial charge is 0.270 e. The molecule has 2 heterocycles. The van der Waals surface area contributed by atoms with Gasteiger partial charge in [-0.3, -0.25) is 10.1 Å². The zero-order chi connectivity index (χ0) is 18.9. The lowest BCUT2D eigenvalue weighted by Crippen LogP contribution is -2.38. The standard InChI is InChI=1S/C16H20N4O4S2/c1-3-15-17-18-16(25-15)12-6-8-19(9-7-12)26(23,24)14-10-13(20(21)22)5-4-11(14)2/h4-5,10,12H,3,6-9H2,1-2H3. The van der Waals surface area contributed by atoms with E-state index in [4.69, 9.17) is 0 Å². The molecule has 1 saturated heterocycles. The highest BCUT2D eigenvalue weighted by Gasteiger charge is 2.33. The average Bonchev–Trinajstić information content (AvgIpc) is 3.11. The normalized spacial score (nSPS) is 16.7. The monoisotopic (exact) mass is 396 g/mol. The number of sulfonamides is 1. The lowest BCUT2D eigenvalue weighted by atomic mass is 9.99. The van der Waals surface area contributed by atoms with Crippen LogP contribution < -0.4 is 0 Å². The van der Waals surface area contributed by atoms with Crippen molar-refractivity contribution in [2.45, 2.75) is 43.9 Å². The molecule has 1 fully saturated rings. The molecule has 140 valence electrons. The van der Waals surface area contributed by atoms with Crippen molar-refractivity contribution in [3.63, 3.8) is 0 Å². The molecule has 0 amide bonds. The van der Waals surface area contributed by atoms with Gasteiger partial charge in [-0.2, -0.15) is 4.31 Å². The Labute approximate surface area is 156 Å². The maximum Gasteiger partial charge on any atom is 0.270 e. The van der Waals surface area contributed by atoms with Crippen molar-refractivity contribution in [2.24, 2.45) is 0 Å². The van der Waals surface area contributed by atoms with E-state index in [1.807, 2.05) is 6.92 Å². The fraction of sp³-hybridized carbons (Fsp3) is 0.500. The number of benzene rings is 1. The van der Waals surface area contributed by atoms with Gasteiger partial charge in [-0.05, 0) is 31.7 Å². The molecule has 0 unspecified atom stereocenters. The number of hydrogen-bond acceptors (Lipinski definition) is 7. The Bertz CT molecular complexity index is 918. The Morgan fingerprint density at radius 2 is 2.00 bits per heavy atom. The van der Waals surface area contributed by atoms with Crippen molar-refractivity contribution in [2.75, 3.05) is 13.1 Å². The van der Waals surface area contributed by atoms with Crippen LogP contribution in [0.1, 0.15) is 41.3 Å². The number of nitrogens with zero attached hydrogens (tertiary/aromatic N) is 4. The molecule has 3 rings (SSSR count). The molecule has 26 heavy (non-hydrogen) atoms. The molecule has 1 aromatic heterocycles.